The highest BCUT2D eigenvalue weighted by Gasteiger charge is 2.56. The number of hydrogen-bond donors (Lipinski definition) is 1. The fraction of sp³-hybridized carbons (Fsp3) is 0.583. The van der Waals surface area contributed by atoms with Crippen LogP contribution in [0.3, 0.4) is 0 Å². The maximum absolute atomic E-state index is 13.2. The van der Waals surface area contributed by atoms with Crippen molar-refractivity contribution in [3.05, 3.63) is 51.1 Å². The molecule has 3 aliphatic rings. The Balaban J connectivity index is 1.58. The molecular weight excluding hydrogens is 472 g/mol. The number of aromatic nitrogens is 3. The number of halogens is 1. The first-order valence-electron chi connectivity index (χ1n) is 11.3. The molecule has 3 saturated carbocycles. The quantitative estimate of drug-likeness (QED) is 0.570. The van der Waals surface area contributed by atoms with Crippen LogP contribution in [0.5, 0.6) is 0 Å². The zero-order chi connectivity index (χ0) is 23.0. The van der Waals surface area contributed by atoms with Gasteiger partial charge in [0.1, 0.15) is 4.47 Å². The minimum atomic E-state index is -0.850. The number of nitrogens with one attached hydrogen (secondary N) is 1. The second kappa shape index (κ2) is 8.96. The van der Waals surface area contributed by atoms with Crippen molar-refractivity contribution in [2.24, 2.45) is 23.2 Å². The standard InChI is InChI=1S/C24H31BrN4O3/c1-5-32-23(31)20(10-15-6-8-26-9-7-15)29-22(30)21(25)19(13-27-29)28-18-12-16-11-17(14(18)2)24(16,3)4/h6-9,13-14,16-18,20,28H,5,10-12H2,1-4H3/t14-,16+,17-,18-,20?/m1/s1. The van der Waals surface area contributed by atoms with E-state index >= 15 is 0 Å². The molecular formula is C24H31BrN4O3. The Labute approximate surface area is 197 Å². The summed E-state index contributed by atoms with van der Waals surface area (Å²) in [5.41, 5.74) is 1.60. The van der Waals surface area contributed by atoms with E-state index in [1.54, 1.807) is 25.5 Å². The van der Waals surface area contributed by atoms with Crippen LogP contribution in [0, 0.1) is 23.2 Å². The number of carbonyl (C=O) groups excluding carboxylic acids is 1. The first-order chi connectivity index (χ1) is 15.2. The normalized spacial score (nSPS) is 26.7. The molecule has 7 nitrogen and oxygen atoms in total. The van der Waals surface area contributed by atoms with Crippen molar-refractivity contribution in [3.63, 3.8) is 0 Å². The summed E-state index contributed by atoms with van der Waals surface area (Å²) in [7, 11) is 0. The summed E-state index contributed by atoms with van der Waals surface area (Å²) in [5, 5.41) is 7.94. The molecule has 2 bridgehead atoms. The summed E-state index contributed by atoms with van der Waals surface area (Å²) >= 11 is 3.47. The van der Waals surface area contributed by atoms with Gasteiger partial charge in [0.2, 0.25) is 0 Å². The van der Waals surface area contributed by atoms with Gasteiger partial charge in [0.05, 0.1) is 18.5 Å². The van der Waals surface area contributed by atoms with Crippen LogP contribution >= 0.6 is 15.9 Å². The molecule has 3 fully saturated rings. The highest BCUT2D eigenvalue weighted by molar-refractivity contribution is 9.10. The molecule has 0 aliphatic heterocycles. The number of hydrogen-bond acceptors (Lipinski definition) is 6. The Morgan fingerprint density at radius 3 is 2.69 bits per heavy atom. The minimum absolute atomic E-state index is 0.236. The summed E-state index contributed by atoms with van der Waals surface area (Å²) in [4.78, 5) is 29.9. The van der Waals surface area contributed by atoms with Crippen LogP contribution in [-0.4, -0.2) is 33.4 Å². The van der Waals surface area contributed by atoms with Crippen molar-refractivity contribution in [3.8, 4) is 0 Å². The topological polar surface area (TPSA) is 86.1 Å². The number of anilines is 1. The molecule has 172 valence electrons. The minimum Gasteiger partial charge on any atom is -0.464 e. The zero-order valence-electron chi connectivity index (χ0n) is 19.0. The van der Waals surface area contributed by atoms with Gasteiger partial charge in [-0.3, -0.25) is 9.78 Å². The van der Waals surface area contributed by atoms with Gasteiger partial charge >= 0.3 is 5.97 Å². The summed E-state index contributed by atoms with van der Waals surface area (Å²) in [5.74, 6) is 1.44. The van der Waals surface area contributed by atoms with Gasteiger partial charge in [-0.15, -0.1) is 0 Å². The van der Waals surface area contributed by atoms with Crippen LogP contribution < -0.4 is 10.9 Å². The second-order valence-corrected chi connectivity index (χ2v) is 10.4. The second-order valence-electron chi connectivity index (χ2n) is 9.66. The smallest absolute Gasteiger partial charge is 0.331 e. The number of nitrogens with zero attached hydrogens (tertiary/aromatic N) is 3. The third kappa shape index (κ3) is 4.09. The predicted molar refractivity (Wildman–Crippen MR) is 126 cm³/mol. The van der Waals surface area contributed by atoms with E-state index in [1.165, 1.54) is 11.1 Å². The Hall–Kier alpha value is -2.22. The number of fused-ring (bicyclic) bond motifs is 2. The molecule has 2 aromatic rings. The Kier molecular flexibility index (Phi) is 6.43. The van der Waals surface area contributed by atoms with Gasteiger partial charge in [0.25, 0.3) is 5.56 Å². The molecule has 0 amide bonds. The molecule has 1 unspecified atom stereocenters. The van der Waals surface area contributed by atoms with Crippen LogP contribution in [-0.2, 0) is 16.0 Å². The molecule has 0 radical (unpaired) electrons. The third-order valence-corrected chi connectivity index (χ3v) is 8.44. The van der Waals surface area contributed by atoms with E-state index < -0.39 is 12.0 Å². The van der Waals surface area contributed by atoms with E-state index in [0.29, 0.717) is 45.8 Å². The van der Waals surface area contributed by atoms with Crippen molar-refractivity contribution in [1.29, 1.82) is 0 Å². The summed E-state index contributed by atoms with van der Waals surface area (Å²) in [6.07, 6.45) is 7.65. The fourth-order valence-corrected chi connectivity index (χ4v) is 5.96. The lowest BCUT2D eigenvalue weighted by atomic mass is 9.45. The molecule has 5 atom stereocenters. The van der Waals surface area contributed by atoms with E-state index in [4.69, 9.17) is 4.74 Å². The van der Waals surface area contributed by atoms with Crippen molar-refractivity contribution in [2.75, 3.05) is 11.9 Å². The molecule has 2 heterocycles. The molecule has 0 aromatic carbocycles. The van der Waals surface area contributed by atoms with E-state index in [2.05, 4.69) is 52.1 Å². The molecule has 3 aliphatic carbocycles. The number of esters is 1. The van der Waals surface area contributed by atoms with E-state index in [-0.39, 0.29) is 12.2 Å². The first-order valence-corrected chi connectivity index (χ1v) is 12.1. The van der Waals surface area contributed by atoms with Crippen molar-refractivity contribution in [1.82, 2.24) is 14.8 Å². The van der Waals surface area contributed by atoms with Crippen molar-refractivity contribution in [2.45, 2.75) is 59.0 Å². The summed E-state index contributed by atoms with van der Waals surface area (Å²) in [6, 6.07) is 3.09. The first kappa shape index (κ1) is 23.0. The van der Waals surface area contributed by atoms with Gasteiger partial charge in [-0.05, 0) is 76.6 Å². The van der Waals surface area contributed by atoms with Gasteiger partial charge in [0, 0.05) is 24.9 Å². The van der Waals surface area contributed by atoms with Crippen LogP contribution in [0.25, 0.3) is 0 Å². The lowest BCUT2D eigenvalue weighted by molar-refractivity contribution is -0.147. The highest BCUT2D eigenvalue weighted by atomic mass is 79.9. The maximum atomic E-state index is 13.2. The average molecular weight is 503 g/mol. The van der Waals surface area contributed by atoms with E-state index in [0.717, 1.165) is 12.0 Å². The van der Waals surface area contributed by atoms with Gasteiger partial charge < -0.3 is 10.1 Å². The molecule has 5 rings (SSSR count). The van der Waals surface area contributed by atoms with Crippen LogP contribution in [0.15, 0.2) is 40.0 Å². The third-order valence-electron chi connectivity index (χ3n) is 7.67. The molecule has 0 saturated heterocycles. The molecule has 32 heavy (non-hydrogen) atoms. The number of rotatable bonds is 7. The van der Waals surface area contributed by atoms with Crippen LogP contribution in [0.4, 0.5) is 5.69 Å². The van der Waals surface area contributed by atoms with Crippen LogP contribution in [0.2, 0.25) is 0 Å². The predicted octanol–water partition coefficient (Wildman–Crippen LogP) is 4.23. The molecule has 1 N–H and O–H groups in total. The number of pyridine rings is 1. The van der Waals surface area contributed by atoms with Gasteiger partial charge in [-0.2, -0.15) is 5.10 Å². The largest absolute Gasteiger partial charge is 0.464 e. The lowest BCUT2D eigenvalue weighted by Gasteiger charge is -2.62. The summed E-state index contributed by atoms with van der Waals surface area (Å²) < 4.78 is 6.85. The SMILES string of the molecule is CCOC(=O)C(Cc1ccncc1)n1ncc(N[C@@H]2C[C@@H]3C[C@H]([C@H]2C)C3(C)C)c(Br)c1=O. The average Bonchev–Trinajstić information content (AvgIpc) is 2.77. The van der Waals surface area contributed by atoms with Crippen molar-refractivity contribution >= 4 is 27.6 Å². The zero-order valence-corrected chi connectivity index (χ0v) is 20.6. The number of ether oxygens (including phenoxy) is 1. The fourth-order valence-electron chi connectivity index (χ4n) is 5.56. The lowest BCUT2D eigenvalue weighted by Crippen LogP contribution is -2.58. The monoisotopic (exact) mass is 502 g/mol. The summed E-state index contributed by atoms with van der Waals surface area (Å²) in [6.45, 7) is 9.02. The molecule has 8 heteroatoms. The van der Waals surface area contributed by atoms with Crippen molar-refractivity contribution < 1.29 is 9.53 Å². The Bertz CT molecular complexity index is 1040. The Morgan fingerprint density at radius 2 is 2.06 bits per heavy atom. The molecule has 2 aromatic heterocycles. The van der Waals surface area contributed by atoms with Gasteiger partial charge in [-0.25, -0.2) is 9.48 Å². The van der Waals surface area contributed by atoms with Crippen LogP contribution in [0.1, 0.15) is 52.1 Å². The van der Waals surface area contributed by atoms with E-state index in [9.17, 15) is 9.59 Å². The van der Waals surface area contributed by atoms with E-state index in [1.807, 2.05) is 12.1 Å². The Morgan fingerprint density at radius 1 is 1.34 bits per heavy atom. The highest BCUT2D eigenvalue weighted by Crippen LogP contribution is 2.61. The number of carbonyl (C=O) groups is 1. The molecule has 0 spiro atoms. The van der Waals surface area contributed by atoms with Gasteiger partial charge in [-0.1, -0.05) is 20.8 Å². The maximum Gasteiger partial charge on any atom is 0.331 e. The van der Waals surface area contributed by atoms with Gasteiger partial charge in [0.15, 0.2) is 6.04 Å².